The summed E-state index contributed by atoms with van der Waals surface area (Å²) >= 11 is 5.86. The van der Waals surface area contributed by atoms with Crippen LogP contribution in [-0.4, -0.2) is 9.55 Å². The van der Waals surface area contributed by atoms with Crippen LogP contribution in [0.25, 0.3) is 0 Å². The highest BCUT2D eigenvalue weighted by Crippen LogP contribution is 2.23. The summed E-state index contributed by atoms with van der Waals surface area (Å²) in [6.07, 6.45) is 3.42. The Hall–Kier alpha value is -1.99. The molecular weight excluding hydrogens is 238 g/mol. The molecule has 0 spiro atoms. The smallest absolute Gasteiger partial charge is 0.139 e. The second-order valence-corrected chi connectivity index (χ2v) is 3.97. The zero-order valence-electron chi connectivity index (χ0n) is 9.22. The fourth-order valence-electron chi connectivity index (χ4n) is 1.38. The molecular formula is C12H10ClN3O. The summed E-state index contributed by atoms with van der Waals surface area (Å²) in [5.74, 6) is 0.487. The highest BCUT2D eigenvalue weighted by atomic mass is 35.5. The van der Waals surface area contributed by atoms with E-state index in [1.165, 1.54) is 0 Å². The molecule has 0 radical (unpaired) electrons. The molecule has 2 aromatic rings. The van der Waals surface area contributed by atoms with E-state index in [0.717, 1.165) is 5.69 Å². The van der Waals surface area contributed by atoms with Crippen LogP contribution < -0.4 is 4.74 Å². The number of aryl methyl sites for hydroxylation is 1. The van der Waals surface area contributed by atoms with E-state index in [0.29, 0.717) is 22.9 Å². The predicted molar refractivity (Wildman–Crippen MR) is 63.7 cm³/mol. The second kappa shape index (κ2) is 4.89. The normalized spacial score (nSPS) is 9.94. The van der Waals surface area contributed by atoms with Crippen molar-refractivity contribution in [2.45, 2.75) is 6.61 Å². The summed E-state index contributed by atoms with van der Waals surface area (Å²) in [6.45, 7) is 0.353. The molecule has 0 fully saturated rings. The number of benzene rings is 1. The van der Waals surface area contributed by atoms with Crippen molar-refractivity contribution < 1.29 is 4.74 Å². The van der Waals surface area contributed by atoms with E-state index < -0.39 is 0 Å². The average Bonchev–Trinajstić information content (AvgIpc) is 2.72. The van der Waals surface area contributed by atoms with Crippen molar-refractivity contribution in [2.75, 3.05) is 0 Å². The molecule has 0 N–H and O–H groups in total. The lowest BCUT2D eigenvalue weighted by Gasteiger charge is -2.08. The third kappa shape index (κ3) is 2.58. The maximum Gasteiger partial charge on any atom is 0.139 e. The number of hydrogen-bond acceptors (Lipinski definition) is 3. The molecule has 1 aromatic carbocycles. The van der Waals surface area contributed by atoms with Crippen LogP contribution in [0.1, 0.15) is 11.3 Å². The van der Waals surface area contributed by atoms with Crippen molar-refractivity contribution in [3.63, 3.8) is 0 Å². The molecule has 0 saturated carbocycles. The first kappa shape index (κ1) is 11.5. The van der Waals surface area contributed by atoms with Crippen LogP contribution in [0.4, 0.5) is 0 Å². The van der Waals surface area contributed by atoms with E-state index in [1.807, 2.05) is 11.6 Å². The van der Waals surface area contributed by atoms with Crippen molar-refractivity contribution in [1.82, 2.24) is 9.55 Å². The third-order valence-electron chi connectivity index (χ3n) is 2.36. The molecule has 1 aromatic heterocycles. The van der Waals surface area contributed by atoms with Crippen LogP contribution in [-0.2, 0) is 13.7 Å². The number of aromatic nitrogens is 2. The van der Waals surface area contributed by atoms with Crippen LogP contribution in [0.5, 0.6) is 5.75 Å². The van der Waals surface area contributed by atoms with Gasteiger partial charge in [0.2, 0.25) is 0 Å². The molecule has 1 heterocycles. The largest absolute Gasteiger partial charge is 0.486 e. The molecule has 5 heteroatoms. The van der Waals surface area contributed by atoms with Crippen LogP contribution in [0.3, 0.4) is 0 Å². The van der Waals surface area contributed by atoms with Gasteiger partial charge < -0.3 is 9.30 Å². The fraction of sp³-hybridized carbons (Fsp3) is 0.167. The van der Waals surface area contributed by atoms with Gasteiger partial charge >= 0.3 is 0 Å². The van der Waals surface area contributed by atoms with Gasteiger partial charge in [0.15, 0.2) is 0 Å². The molecule has 0 aliphatic rings. The van der Waals surface area contributed by atoms with Gasteiger partial charge in [-0.05, 0) is 12.1 Å². The molecule has 0 amide bonds. The van der Waals surface area contributed by atoms with Gasteiger partial charge in [0.25, 0.3) is 0 Å². The van der Waals surface area contributed by atoms with Crippen molar-refractivity contribution in [3.8, 4) is 11.8 Å². The Morgan fingerprint density at radius 2 is 2.35 bits per heavy atom. The average molecular weight is 248 g/mol. The van der Waals surface area contributed by atoms with Crippen LogP contribution in [0.15, 0.2) is 30.7 Å². The van der Waals surface area contributed by atoms with E-state index in [2.05, 4.69) is 11.1 Å². The quantitative estimate of drug-likeness (QED) is 0.838. The number of hydrogen-bond donors (Lipinski definition) is 0. The maximum atomic E-state index is 8.93. The molecule has 0 aliphatic carbocycles. The van der Waals surface area contributed by atoms with Gasteiger partial charge in [-0.1, -0.05) is 11.6 Å². The number of halogens is 1. The highest BCUT2D eigenvalue weighted by Gasteiger charge is 2.06. The number of nitriles is 1. The summed E-state index contributed by atoms with van der Waals surface area (Å²) in [6, 6.07) is 7.00. The van der Waals surface area contributed by atoms with Crippen LogP contribution in [0.2, 0.25) is 5.02 Å². The van der Waals surface area contributed by atoms with Crippen LogP contribution in [0, 0.1) is 11.3 Å². The lowest BCUT2D eigenvalue weighted by molar-refractivity contribution is 0.296. The monoisotopic (exact) mass is 247 g/mol. The molecule has 2 rings (SSSR count). The molecule has 86 valence electrons. The Morgan fingerprint density at radius 3 is 3.00 bits per heavy atom. The van der Waals surface area contributed by atoms with Gasteiger partial charge in [-0.15, -0.1) is 0 Å². The van der Waals surface area contributed by atoms with Gasteiger partial charge in [0, 0.05) is 18.1 Å². The van der Waals surface area contributed by atoms with Crippen molar-refractivity contribution >= 4 is 11.6 Å². The zero-order valence-corrected chi connectivity index (χ0v) is 9.98. The Morgan fingerprint density at radius 1 is 1.53 bits per heavy atom. The lowest BCUT2D eigenvalue weighted by atomic mass is 10.2. The summed E-state index contributed by atoms with van der Waals surface area (Å²) < 4.78 is 7.42. The first-order valence-corrected chi connectivity index (χ1v) is 5.36. The van der Waals surface area contributed by atoms with Crippen molar-refractivity contribution in [3.05, 3.63) is 47.0 Å². The minimum Gasteiger partial charge on any atom is -0.486 e. The molecule has 0 bridgehead atoms. The van der Waals surface area contributed by atoms with Crippen molar-refractivity contribution in [2.24, 2.45) is 7.05 Å². The van der Waals surface area contributed by atoms with Gasteiger partial charge in [-0.3, -0.25) is 0 Å². The number of nitrogens with zero attached hydrogens (tertiary/aromatic N) is 3. The maximum absolute atomic E-state index is 8.93. The topological polar surface area (TPSA) is 50.8 Å². The first-order chi connectivity index (χ1) is 8.20. The Balaban J connectivity index is 2.17. The first-order valence-electron chi connectivity index (χ1n) is 4.98. The molecule has 17 heavy (non-hydrogen) atoms. The van der Waals surface area contributed by atoms with Gasteiger partial charge in [0.05, 0.1) is 23.8 Å². The third-order valence-corrected chi connectivity index (χ3v) is 2.59. The summed E-state index contributed by atoms with van der Waals surface area (Å²) in [7, 11) is 1.88. The van der Waals surface area contributed by atoms with E-state index in [9.17, 15) is 0 Å². The lowest BCUT2D eigenvalue weighted by Crippen LogP contribution is -2.02. The van der Waals surface area contributed by atoms with E-state index in [-0.39, 0.29) is 0 Å². The highest BCUT2D eigenvalue weighted by molar-refractivity contribution is 6.30. The zero-order chi connectivity index (χ0) is 12.3. The molecule has 0 atom stereocenters. The van der Waals surface area contributed by atoms with E-state index in [1.54, 1.807) is 30.7 Å². The Bertz CT molecular complexity index is 571. The summed E-state index contributed by atoms with van der Waals surface area (Å²) in [5, 5.41) is 9.48. The van der Waals surface area contributed by atoms with Gasteiger partial charge in [-0.2, -0.15) is 5.26 Å². The molecule has 0 aliphatic heterocycles. The van der Waals surface area contributed by atoms with Gasteiger partial charge in [0.1, 0.15) is 18.4 Å². The number of ether oxygens (including phenoxy) is 1. The van der Waals surface area contributed by atoms with Gasteiger partial charge in [-0.25, -0.2) is 4.98 Å². The SMILES string of the molecule is Cn1cncc1COc1cc(Cl)ccc1C#N. The van der Waals surface area contributed by atoms with E-state index in [4.69, 9.17) is 21.6 Å². The van der Waals surface area contributed by atoms with Crippen molar-refractivity contribution in [1.29, 1.82) is 5.26 Å². The molecule has 0 saturated heterocycles. The Labute approximate surface area is 104 Å². The number of rotatable bonds is 3. The molecule has 4 nitrogen and oxygen atoms in total. The standard InChI is InChI=1S/C12H10ClN3O/c1-16-8-15-6-11(16)7-17-12-4-10(13)3-2-9(12)5-14/h2-4,6,8H,7H2,1H3. The number of imidazole rings is 1. The molecule has 0 unspecified atom stereocenters. The second-order valence-electron chi connectivity index (χ2n) is 3.54. The minimum atomic E-state index is 0.353. The predicted octanol–water partition coefficient (Wildman–Crippen LogP) is 2.52. The fourth-order valence-corrected chi connectivity index (χ4v) is 1.55. The van der Waals surface area contributed by atoms with E-state index >= 15 is 0 Å². The minimum absolute atomic E-state index is 0.353. The summed E-state index contributed by atoms with van der Waals surface area (Å²) in [4.78, 5) is 3.99. The summed E-state index contributed by atoms with van der Waals surface area (Å²) in [5.41, 5.74) is 1.39. The Kier molecular flexibility index (Phi) is 3.31. The van der Waals surface area contributed by atoms with Crippen LogP contribution >= 0.6 is 11.6 Å².